The second-order valence-electron chi connectivity index (χ2n) is 5.20. The van der Waals surface area contributed by atoms with E-state index in [2.05, 4.69) is 15.6 Å². The van der Waals surface area contributed by atoms with Crippen molar-refractivity contribution in [2.45, 2.75) is 6.92 Å². The highest BCUT2D eigenvalue weighted by Gasteiger charge is 2.07. The van der Waals surface area contributed by atoms with E-state index in [1.54, 1.807) is 12.1 Å². The van der Waals surface area contributed by atoms with Gasteiger partial charge in [-0.3, -0.25) is 10.1 Å². The first kappa shape index (κ1) is 16.5. The molecule has 0 amide bonds. The molecule has 25 heavy (non-hydrogen) atoms. The molecule has 0 aliphatic rings. The number of anilines is 2. The van der Waals surface area contributed by atoms with Gasteiger partial charge in [-0.25, -0.2) is 9.78 Å². The van der Waals surface area contributed by atoms with Gasteiger partial charge < -0.3 is 15.1 Å². The fraction of sp³-hybridized carbons (Fsp3) is 0.0625. The summed E-state index contributed by atoms with van der Waals surface area (Å²) in [7, 11) is 0. The number of hydrogen-bond acceptors (Lipinski definition) is 6. The molecule has 0 aliphatic carbocycles. The lowest BCUT2D eigenvalue weighted by molar-refractivity contribution is -0.385. The lowest BCUT2D eigenvalue weighted by Crippen LogP contribution is -2.19. The number of nitro groups is 1. The Morgan fingerprint density at radius 1 is 1.24 bits per heavy atom. The van der Waals surface area contributed by atoms with Crippen LogP contribution in [0.5, 0.6) is 0 Å². The molecular formula is C16H12N4O4S. The van der Waals surface area contributed by atoms with Crippen LogP contribution in [0.3, 0.4) is 0 Å². The first-order valence-corrected chi connectivity index (χ1v) is 7.56. The van der Waals surface area contributed by atoms with E-state index in [-0.39, 0.29) is 10.8 Å². The number of nitrogens with one attached hydrogen (secondary N) is 2. The molecular weight excluding hydrogens is 344 g/mol. The Hall–Kier alpha value is -3.33. The quantitative estimate of drug-likeness (QED) is 0.318. The fourth-order valence-electron chi connectivity index (χ4n) is 2.25. The Labute approximate surface area is 146 Å². The second kappa shape index (κ2) is 6.65. The highest BCUT2D eigenvalue weighted by Crippen LogP contribution is 2.21. The molecule has 2 heterocycles. The molecule has 0 saturated carbocycles. The molecule has 0 bridgehead atoms. The second-order valence-corrected chi connectivity index (χ2v) is 5.61. The summed E-state index contributed by atoms with van der Waals surface area (Å²) in [5, 5.41) is 17.5. The van der Waals surface area contributed by atoms with Gasteiger partial charge >= 0.3 is 5.63 Å². The van der Waals surface area contributed by atoms with Crippen molar-refractivity contribution in [3.63, 3.8) is 0 Å². The molecule has 0 spiro atoms. The van der Waals surface area contributed by atoms with Crippen LogP contribution in [-0.2, 0) is 0 Å². The van der Waals surface area contributed by atoms with Gasteiger partial charge in [0.25, 0.3) is 5.69 Å². The van der Waals surface area contributed by atoms with Crippen molar-refractivity contribution in [1.29, 1.82) is 0 Å². The highest BCUT2D eigenvalue weighted by molar-refractivity contribution is 7.80. The summed E-state index contributed by atoms with van der Waals surface area (Å²) < 4.78 is 5.18. The molecule has 2 aromatic heterocycles. The zero-order valence-electron chi connectivity index (χ0n) is 13.0. The smallest absolute Gasteiger partial charge is 0.336 e. The van der Waals surface area contributed by atoms with Crippen LogP contribution in [0, 0.1) is 17.0 Å². The molecule has 0 fully saturated rings. The summed E-state index contributed by atoms with van der Waals surface area (Å²) in [6, 6.07) is 9.50. The van der Waals surface area contributed by atoms with Gasteiger partial charge in [0.05, 0.1) is 4.92 Å². The van der Waals surface area contributed by atoms with Crippen molar-refractivity contribution in [2.75, 3.05) is 10.6 Å². The van der Waals surface area contributed by atoms with E-state index in [0.717, 1.165) is 17.1 Å². The molecule has 2 N–H and O–H groups in total. The number of rotatable bonds is 3. The molecule has 3 rings (SSSR count). The van der Waals surface area contributed by atoms with E-state index in [0.29, 0.717) is 17.1 Å². The maximum absolute atomic E-state index is 11.5. The largest absolute Gasteiger partial charge is 0.423 e. The lowest BCUT2D eigenvalue weighted by atomic mass is 10.1. The number of thiocarbonyl (C=S) groups is 1. The van der Waals surface area contributed by atoms with Gasteiger partial charge in [0.1, 0.15) is 17.6 Å². The van der Waals surface area contributed by atoms with Crippen molar-refractivity contribution < 1.29 is 9.34 Å². The van der Waals surface area contributed by atoms with Gasteiger partial charge in [-0.2, -0.15) is 0 Å². The maximum Gasteiger partial charge on any atom is 0.336 e. The average Bonchev–Trinajstić information content (AvgIpc) is 2.54. The van der Waals surface area contributed by atoms with Crippen molar-refractivity contribution in [3.05, 3.63) is 68.7 Å². The van der Waals surface area contributed by atoms with Gasteiger partial charge in [0.15, 0.2) is 5.11 Å². The monoisotopic (exact) mass is 356 g/mol. The number of aryl methyl sites for hydroxylation is 1. The number of benzene rings is 1. The number of aromatic nitrogens is 1. The van der Waals surface area contributed by atoms with E-state index in [1.165, 1.54) is 18.2 Å². The predicted molar refractivity (Wildman–Crippen MR) is 98.0 cm³/mol. The summed E-state index contributed by atoms with van der Waals surface area (Å²) in [5.74, 6) is 0.367. The van der Waals surface area contributed by atoms with E-state index in [1.807, 2.05) is 13.0 Å². The molecule has 3 aromatic rings. The van der Waals surface area contributed by atoms with Crippen LogP contribution < -0.4 is 16.3 Å². The highest BCUT2D eigenvalue weighted by atomic mass is 32.1. The van der Waals surface area contributed by atoms with Gasteiger partial charge in [0, 0.05) is 29.3 Å². The summed E-state index contributed by atoms with van der Waals surface area (Å²) in [6.07, 6.45) is 1.14. The molecule has 0 atom stereocenters. The fourth-order valence-corrected chi connectivity index (χ4v) is 2.47. The molecule has 126 valence electrons. The first-order chi connectivity index (χ1) is 11.9. The first-order valence-electron chi connectivity index (χ1n) is 7.15. The van der Waals surface area contributed by atoms with Crippen LogP contribution in [0.15, 0.2) is 51.8 Å². The minimum atomic E-state index is -0.530. The number of hydrogen-bond donors (Lipinski definition) is 2. The number of pyridine rings is 1. The number of nitrogens with zero attached hydrogens (tertiary/aromatic N) is 2. The van der Waals surface area contributed by atoms with Gasteiger partial charge in [-0.05, 0) is 42.9 Å². The zero-order valence-corrected chi connectivity index (χ0v) is 13.8. The normalized spacial score (nSPS) is 10.4. The molecule has 1 aromatic carbocycles. The van der Waals surface area contributed by atoms with Crippen molar-refractivity contribution >= 4 is 45.5 Å². The van der Waals surface area contributed by atoms with Gasteiger partial charge in [0.2, 0.25) is 0 Å². The number of fused-ring (bicyclic) bond motifs is 1. The van der Waals surface area contributed by atoms with Crippen LogP contribution >= 0.6 is 12.2 Å². The summed E-state index contributed by atoms with van der Waals surface area (Å²) >= 11 is 5.19. The zero-order chi connectivity index (χ0) is 18.0. The minimum Gasteiger partial charge on any atom is -0.423 e. The Morgan fingerprint density at radius 3 is 2.72 bits per heavy atom. The van der Waals surface area contributed by atoms with E-state index >= 15 is 0 Å². The summed E-state index contributed by atoms with van der Waals surface area (Å²) in [6.45, 7) is 1.83. The Bertz CT molecular complexity index is 1030. The lowest BCUT2D eigenvalue weighted by Gasteiger charge is -2.10. The maximum atomic E-state index is 11.5. The molecule has 0 saturated heterocycles. The molecule has 9 heteroatoms. The van der Waals surface area contributed by atoms with Gasteiger partial charge in [-0.1, -0.05) is 0 Å². The Balaban J connectivity index is 1.75. The van der Waals surface area contributed by atoms with Gasteiger partial charge in [-0.15, -0.1) is 0 Å². The molecule has 0 unspecified atom stereocenters. The molecule has 8 nitrogen and oxygen atoms in total. The summed E-state index contributed by atoms with van der Waals surface area (Å²) in [5.41, 5.74) is 1.38. The standard InChI is InChI=1S/C16H12N4O4S/c1-9-6-15(21)24-13-7-10(2-4-12(9)13)18-16(25)19-14-5-3-11(8-17-14)20(22)23/h2-8H,1H3,(H2,17,18,19,25). The third kappa shape index (κ3) is 3.78. The van der Waals surface area contributed by atoms with E-state index < -0.39 is 10.5 Å². The van der Waals surface area contributed by atoms with E-state index in [4.69, 9.17) is 16.6 Å². The summed E-state index contributed by atoms with van der Waals surface area (Å²) in [4.78, 5) is 25.5. The van der Waals surface area contributed by atoms with Crippen LogP contribution in [0.4, 0.5) is 17.2 Å². The van der Waals surface area contributed by atoms with Crippen molar-refractivity contribution in [1.82, 2.24) is 4.98 Å². The van der Waals surface area contributed by atoms with Crippen molar-refractivity contribution in [3.8, 4) is 0 Å². The SMILES string of the molecule is Cc1cc(=O)oc2cc(NC(=S)Nc3ccc([N+](=O)[O-])cn3)ccc12. The van der Waals surface area contributed by atoms with E-state index in [9.17, 15) is 14.9 Å². The molecule has 0 radical (unpaired) electrons. The third-order valence-electron chi connectivity index (χ3n) is 3.41. The topological polar surface area (TPSA) is 110 Å². The minimum absolute atomic E-state index is 0.107. The Kier molecular flexibility index (Phi) is 4.40. The Morgan fingerprint density at radius 2 is 2.04 bits per heavy atom. The van der Waals surface area contributed by atoms with Crippen LogP contribution in [0.2, 0.25) is 0 Å². The molecule has 0 aliphatic heterocycles. The van der Waals surface area contributed by atoms with Crippen LogP contribution in [-0.4, -0.2) is 15.0 Å². The third-order valence-corrected chi connectivity index (χ3v) is 3.61. The van der Waals surface area contributed by atoms with Crippen LogP contribution in [0.1, 0.15) is 5.56 Å². The average molecular weight is 356 g/mol. The van der Waals surface area contributed by atoms with Crippen molar-refractivity contribution in [2.24, 2.45) is 0 Å². The predicted octanol–water partition coefficient (Wildman–Crippen LogP) is 3.21. The van der Waals surface area contributed by atoms with Crippen LogP contribution in [0.25, 0.3) is 11.0 Å².